The van der Waals surface area contributed by atoms with Crippen LogP contribution in [0.4, 0.5) is 0 Å². The van der Waals surface area contributed by atoms with Crippen molar-refractivity contribution < 1.29 is 9.47 Å². The van der Waals surface area contributed by atoms with Gasteiger partial charge in [-0.25, -0.2) is 0 Å². The van der Waals surface area contributed by atoms with Gasteiger partial charge in [-0.15, -0.1) is 0 Å². The van der Waals surface area contributed by atoms with Crippen molar-refractivity contribution in [1.82, 2.24) is 4.90 Å². The van der Waals surface area contributed by atoms with Crippen LogP contribution in [-0.4, -0.2) is 50.5 Å². The molecule has 0 N–H and O–H groups in total. The van der Waals surface area contributed by atoms with Crippen molar-refractivity contribution >= 4 is 0 Å². The van der Waals surface area contributed by atoms with Crippen LogP contribution in [0.5, 0.6) is 0 Å². The minimum absolute atomic E-state index is 0.0304. The van der Waals surface area contributed by atoms with Crippen molar-refractivity contribution in [2.45, 2.75) is 19.4 Å². The quantitative estimate of drug-likeness (QED) is 0.628. The molecule has 0 amide bonds. The van der Waals surface area contributed by atoms with E-state index in [1.54, 1.807) is 7.11 Å². The second kappa shape index (κ2) is 4.21. The minimum Gasteiger partial charge on any atom is -0.379 e. The van der Waals surface area contributed by atoms with E-state index in [2.05, 4.69) is 18.7 Å². The van der Waals surface area contributed by atoms with Crippen LogP contribution in [0.25, 0.3) is 0 Å². The van der Waals surface area contributed by atoms with Crippen molar-refractivity contribution in [1.29, 1.82) is 0 Å². The molecule has 0 bridgehead atoms. The molecule has 0 saturated carbocycles. The molecule has 1 fully saturated rings. The molecule has 3 nitrogen and oxygen atoms in total. The van der Waals surface area contributed by atoms with Gasteiger partial charge in [-0.05, 0) is 13.8 Å². The van der Waals surface area contributed by atoms with Gasteiger partial charge in [-0.3, -0.25) is 4.90 Å². The highest BCUT2D eigenvalue weighted by Crippen LogP contribution is 2.10. The van der Waals surface area contributed by atoms with Crippen LogP contribution in [0.2, 0.25) is 0 Å². The fourth-order valence-corrected chi connectivity index (χ4v) is 1.36. The summed E-state index contributed by atoms with van der Waals surface area (Å²) in [5.41, 5.74) is -0.0304. The third-order valence-electron chi connectivity index (χ3n) is 2.26. The molecular formula is C9H19NO2. The van der Waals surface area contributed by atoms with Crippen LogP contribution < -0.4 is 0 Å². The maximum absolute atomic E-state index is 5.36. The highest BCUT2D eigenvalue weighted by molar-refractivity contribution is 4.75. The van der Waals surface area contributed by atoms with Crippen molar-refractivity contribution in [2.75, 3.05) is 40.0 Å². The molecular weight excluding hydrogens is 154 g/mol. The normalized spacial score (nSPS) is 21.2. The summed E-state index contributed by atoms with van der Waals surface area (Å²) in [4.78, 5) is 2.38. The fraction of sp³-hybridized carbons (Fsp3) is 1.00. The summed E-state index contributed by atoms with van der Waals surface area (Å²) in [6.07, 6.45) is 0. The zero-order chi connectivity index (χ0) is 9.03. The van der Waals surface area contributed by atoms with Gasteiger partial charge in [-0.1, -0.05) is 0 Å². The molecule has 1 aliphatic heterocycles. The molecule has 0 radical (unpaired) electrons. The number of rotatable bonds is 3. The first-order valence-electron chi connectivity index (χ1n) is 4.49. The fourth-order valence-electron chi connectivity index (χ4n) is 1.36. The standard InChI is InChI=1S/C9H19NO2/c1-9(2,11-3)8-10-4-6-12-7-5-10/h4-8H2,1-3H3. The van der Waals surface area contributed by atoms with Gasteiger partial charge in [0.25, 0.3) is 0 Å². The van der Waals surface area contributed by atoms with E-state index in [0.717, 1.165) is 32.8 Å². The molecule has 0 aliphatic carbocycles. The lowest BCUT2D eigenvalue weighted by Gasteiger charge is -2.33. The van der Waals surface area contributed by atoms with Gasteiger partial charge in [0.2, 0.25) is 0 Å². The zero-order valence-electron chi connectivity index (χ0n) is 8.30. The third-order valence-corrected chi connectivity index (χ3v) is 2.26. The first-order valence-corrected chi connectivity index (χ1v) is 4.49. The lowest BCUT2D eigenvalue weighted by atomic mass is 10.1. The topological polar surface area (TPSA) is 21.7 Å². The molecule has 0 aromatic carbocycles. The van der Waals surface area contributed by atoms with Crippen molar-refractivity contribution in [3.63, 3.8) is 0 Å². The smallest absolute Gasteiger partial charge is 0.0749 e. The number of morpholine rings is 1. The average molecular weight is 173 g/mol. The molecule has 12 heavy (non-hydrogen) atoms. The third kappa shape index (κ3) is 3.09. The van der Waals surface area contributed by atoms with Gasteiger partial charge < -0.3 is 9.47 Å². The number of ether oxygens (including phenoxy) is 2. The first kappa shape index (κ1) is 9.96. The predicted molar refractivity (Wildman–Crippen MR) is 48.3 cm³/mol. The number of hydrogen-bond donors (Lipinski definition) is 0. The summed E-state index contributed by atoms with van der Waals surface area (Å²) in [6.45, 7) is 9.01. The van der Waals surface area contributed by atoms with E-state index in [1.807, 2.05) is 0 Å². The Hall–Kier alpha value is -0.120. The SMILES string of the molecule is COC(C)(C)CN1CCOCC1. The lowest BCUT2D eigenvalue weighted by molar-refractivity contribution is -0.0365. The van der Waals surface area contributed by atoms with Crippen LogP contribution in [0.1, 0.15) is 13.8 Å². The summed E-state index contributed by atoms with van der Waals surface area (Å²) in [6, 6.07) is 0. The maximum atomic E-state index is 5.36. The largest absolute Gasteiger partial charge is 0.379 e. The summed E-state index contributed by atoms with van der Waals surface area (Å²) in [5.74, 6) is 0. The lowest BCUT2D eigenvalue weighted by Crippen LogP contribution is -2.45. The van der Waals surface area contributed by atoms with Crippen LogP contribution in [0.3, 0.4) is 0 Å². The van der Waals surface area contributed by atoms with E-state index in [4.69, 9.17) is 9.47 Å². The molecule has 1 saturated heterocycles. The van der Waals surface area contributed by atoms with E-state index in [0.29, 0.717) is 0 Å². The van der Waals surface area contributed by atoms with Crippen LogP contribution in [-0.2, 0) is 9.47 Å². The molecule has 0 spiro atoms. The summed E-state index contributed by atoms with van der Waals surface area (Å²) in [7, 11) is 1.76. The number of nitrogens with zero attached hydrogens (tertiary/aromatic N) is 1. The molecule has 1 rings (SSSR count). The van der Waals surface area contributed by atoms with Crippen LogP contribution in [0.15, 0.2) is 0 Å². The Labute approximate surface area is 74.6 Å². The Kier molecular flexibility index (Phi) is 3.50. The molecule has 0 aromatic heterocycles. The van der Waals surface area contributed by atoms with Gasteiger partial charge >= 0.3 is 0 Å². The van der Waals surface area contributed by atoms with Gasteiger partial charge in [0.05, 0.1) is 18.8 Å². The summed E-state index contributed by atoms with van der Waals surface area (Å²) >= 11 is 0. The number of methoxy groups -OCH3 is 1. The molecule has 0 atom stereocenters. The van der Waals surface area contributed by atoms with Gasteiger partial charge in [0.15, 0.2) is 0 Å². The van der Waals surface area contributed by atoms with E-state index < -0.39 is 0 Å². The minimum atomic E-state index is -0.0304. The molecule has 0 aromatic rings. The van der Waals surface area contributed by atoms with Crippen molar-refractivity contribution in [3.05, 3.63) is 0 Å². The van der Waals surface area contributed by atoms with Gasteiger partial charge in [0.1, 0.15) is 0 Å². The Morgan fingerprint density at radius 1 is 1.33 bits per heavy atom. The first-order chi connectivity index (χ1) is 5.64. The average Bonchev–Trinajstić information content (AvgIpc) is 2.06. The maximum Gasteiger partial charge on any atom is 0.0749 e. The second-order valence-electron chi connectivity index (χ2n) is 3.85. The van der Waals surface area contributed by atoms with E-state index >= 15 is 0 Å². The predicted octanol–water partition coefficient (Wildman–Crippen LogP) is 0.744. The Bertz CT molecular complexity index is 130. The Morgan fingerprint density at radius 2 is 1.92 bits per heavy atom. The van der Waals surface area contributed by atoms with Crippen molar-refractivity contribution in [2.24, 2.45) is 0 Å². The molecule has 1 heterocycles. The van der Waals surface area contributed by atoms with Crippen LogP contribution in [0, 0.1) is 0 Å². The monoisotopic (exact) mass is 173 g/mol. The molecule has 1 aliphatic rings. The molecule has 72 valence electrons. The van der Waals surface area contributed by atoms with E-state index in [-0.39, 0.29) is 5.60 Å². The highest BCUT2D eigenvalue weighted by Gasteiger charge is 2.21. The van der Waals surface area contributed by atoms with Gasteiger partial charge in [0, 0.05) is 26.7 Å². The highest BCUT2D eigenvalue weighted by atomic mass is 16.5. The molecule has 0 unspecified atom stereocenters. The zero-order valence-corrected chi connectivity index (χ0v) is 8.30. The summed E-state index contributed by atoms with van der Waals surface area (Å²) < 4.78 is 10.6. The molecule has 3 heteroatoms. The Morgan fingerprint density at radius 3 is 2.42 bits per heavy atom. The van der Waals surface area contributed by atoms with Crippen molar-refractivity contribution in [3.8, 4) is 0 Å². The number of hydrogen-bond acceptors (Lipinski definition) is 3. The summed E-state index contributed by atoms with van der Waals surface area (Å²) in [5, 5.41) is 0. The van der Waals surface area contributed by atoms with E-state index in [1.165, 1.54) is 0 Å². The van der Waals surface area contributed by atoms with E-state index in [9.17, 15) is 0 Å². The second-order valence-corrected chi connectivity index (χ2v) is 3.85. The van der Waals surface area contributed by atoms with Gasteiger partial charge in [-0.2, -0.15) is 0 Å². The van der Waals surface area contributed by atoms with Crippen LogP contribution >= 0.6 is 0 Å². The Balaban J connectivity index is 2.28.